The number of aryl methyl sites for hydroxylation is 1. The third kappa shape index (κ3) is 4.85. The average Bonchev–Trinajstić information content (AvgIpc) is 3.16. The van der Waals surface area contributed by atoms with Crippen molar-refractivity contribution >= 4 is 29.9 Å². The summed E-state index contributed by atoms with van der Waals surface area (Å²) in [7, 11) is 0. The van der Waals surface area contributed by atoms with Crippen molar-refractivity contribution in [2.24, 2.45) is 4.99 Å². The minimum Gasteiger partial charge on any atom is -0.373 e. The van der Waals surface area contributed by atoms with Gasteiger partial charge in [0, 0.05) is 25.1 Å². The second-order valence-corrected chi connectivity index (χ2v) is 7.05. The molecule has 2 aliphatic rings. The van der Waals surface area contributed by atoms with E-state index in [1.54, 1.807) is 0 Å². The lowest BCUT2D eigenvalue weighted by molar-refractivity contribution is 0.0283. The average molecular weight is 443 g/mol. The zero-order chi connectivity index (χ0) is 16.3. The van der Waals surface area contributed by atoms with Crippen LogP contribution in [0, 0.1) is 6.92 Å². The van der Waals surface area contributed by atoms with E-state index in [-0.39, 0.29) is 29.6 Å². The van der Waals surface area contributed by atoms with E-state index in [1.165, 1.54) is 17.5 Å². The monoisotopic (exact) mass is 443 g/mol. The van der Waals surface area contributed by atoms with Crippen LogP contribution in [0.15, 0.2) is 29.3 Å². The molecule has 4 nitrogen and oxygen atoms in total. The van der Waals surface area contributed by atoms with Crippen LogP contribution in [0.25, 0.3) is 0 Å². The quantitative estimate of drug-likeness (QED) is 0.416. The van der Waals surface area contributed by atoms with Crippen molar-refractivity contribution in [3.63, 3.8) is 0 Å². The van der Waals surface area contributed by atoms with Crippen LogP contribution in [0.3, 0.4) is 0 Å². The van der Waals surface area contributed by atoms with Crippen LogP contribution in [-0.2, 0) is 4.74 Å². The van der Waals surface area contributed by atoms with Gasteiger partial charge in [0.2, 0.25) is 0 Å². The standard InChI is InChI=1S/C19H29N3O.HI/c1-4-20-18(21-13-19(3)10-7-11-23-19)22-17-12-16(17)15-9-6-5-8-14(15)2;/h5-6,8-9,16-17H,4,7,10-13H2,1-3H3,(H2,20,21,22);1H. The van der Waals surface area contributed by atoms with E-state index in [0.29, 0.717) is 12.0 Å². The SMILES string of the molecule is CCNC(=NCC1(C)CCCO1)NC1CC1c1ccccc1C.I. The van der Waals surface area contributed by atoms with E-state index in [1.807, 2.05) is 0 Å². The van der Waals surface area contributed by atoms with E-state index in [0.717, 1.165) is 38.5 Å². The van der Waals surface area contributed by atoms with E-state index < -0.39 is 0 Å². The van der Waals surface area contributed by atoms with E-state index in [4.69, 9.17) is 9.73 Å². The first-order valence-corrected chi connectivity index (χ1v) is 8.85. The highest BCUT2D eigenvalue weighted by Gasteiger charge is 2.39. The van der Waals surface area contributed by atoms with Gasteiger partial charge in [0.1, 0.15) is 0 Å². The normalized spacial score (nSPS) is 29.0. The van der Waals surface area contributed by atoms with Gasteiger partial charge in [0.05, 0.1) is 12.1 Å². The number of benzene rings is 1. The first kappa shape index (κ1) is 19.5. The Bertz CT molecular complexity index is 569. The van der Waals surface area contributed by atoms with Crippen molar-refractivity contribution in [2.45, 2.75) is 57.6 Å². The van der Waals surface area contributed by atoms with E-state index in [2.05, 4.69) is 55.7 Å². The molecular weight excluding hydrogens is 413 g/mol. The van der Waals surface area contributed by atoms with Crippen LogP contribution in [-0.4, -0.2) is 37.3 Å². The Morgan fingerprint density at radius 3 is 2.83 bits per heavy atom. The van der Waals surface area contributed by atoms with Gasteiger partial charge in [-0.15, -0.1) is 24.0 Å². The van der Waals surface area contributed by atoms with E-state index in [9.17, 15) is 0 Å². The van der Waals surface area contributed by atoms with Crippen molar-refractivity contribution in [3.05, 3.63) is 35.4 Å². The highest BCUT2D eigenvalue weighted by Crippen LogP contribution is 2.42. The molecule has 1 saturated carbocycles. The summed E-state index contributed by atoms with van der Waals surface area (Å²) < 4.78 is 5.83. The molecular formula is C19H30IN3O. The Morgan fingerprint density at radius 1 is 1.38 bits per heavy atom. The summed E-state index contributed by atoms with van der Waals surface area (Å²) in [5.74, 6) is 1.53. The minimum absolute atomic E-state index is 0. The molecule has 0 bridgehead atoms. The van der Waals surface area contributed by atoms with Gasteiger partial charge in [-0.3, -0.25) is 4.99 Å². The molecule has 0 amide bonds. The molecule has 1 aliphatic carbocycles. The highest BCUT2D eigenvalue weighted by molar-refractivity contribution is 14.0. The van der Waals surface area contributed by atoms with Crippen LogP contribution in [0.2, 0.25) is 0 Å². The molecule has 0 aromatic heterocycles. The Morgan fingerprint density at radius 2 is 2.17 bits per heavy atom. The van der Waals surface area contributed by atoms with Crippen LogP contribution in [0.5, 0.6) is 0 Å². The third-order valence-electron chi connectivity index (χ3n) is 4.92. The number of hydrogen-bond acceptors (Lipinski definition) is 2. The predicted octanol–water partition coefficient (Wildman–Crippen LogP) is 3.59. The van der Waals surface area contributed by atoms with Gasteiger partial charge >= 0.3 is 0 Å². The fourth-order valence-corrected chi connectivity index (χ4v) is 3.40. The Hall–Kier alpha value is -0.820. The Labute approximate surface area is 162 Å². The van der Waals surface area contributed by atoms with Crippen molar-refractivity contribution in [1.29, 1.82) is 0 Å². The Kier molecular flexibility index (Phi) is 6.92. The van der Waals surface area contributed by atoms with Gasteiger partial charge in [-0.1, -0.05) is 24.3 Å². The molecule has 5 heteroatoms. The largest absolute Gasteiger partial charge is 0.373 e. The number of hydrogen-bond donors (Lipinski definition) is 2. The molecule has 2 fully saturated rings. The summed E-state index contributed by atoms with van der Waals surface area (Å²) in [6.07, 6.45) is 3.43. The molecule has 3 atom stereocenters. The molecule has 24 heavy (non-hydrogen) atoms. The number of ether oxygens (including phenoxy) is 1. The lowest BCUT2D eigenvalue weighted by Gasteiger charge is -2.21. The van der Waals surface area contributed by atoms with Crippen molar-refractivity contribution in [2.75, 3.05) is 19.7 Å². The molecule has 2 N–H and O–H groups in total. The zero-order valence-corrected chi connectivity index (χ0v) is 17.3. The summed E-state index contributed by atoms with van der Waals surface area (Å²) in [5, 5.41) is 6.96. The predicted molar refractivity (Wildman–Crippen MR) is 110 cm³/mol. The fraction of sp³-hybridized carbons (Fsp3) is 0.632. The number of guanidine groups is 1. The van der Waals surface area contributed by atoms with Crippen molar-refractivity contribution in [3.8, 4) is 0 Å². The molecule has 1 saturated heterocycles. The molecule has 1 aromatic carbocycles. The summed E-state index contributed by atoms with van der Waals surface area (Å²) >= 11 is 0. The van der Waals surface area contributed by atoms with E-state index >= 15 is 0 Å². The topological polar surface area (TPSA) is 45.7 Å². The molecule has 1 aliphatic heterocycles. The lowest BCUT2D eigenvalue weighted by Crippen LogP contribution is -2.40. The summed E-state index contributed by atoms with van der Waals surface area (Å²) in [4.78, 5) is 4.77. The first-order valence-electron chi connectivity index (χ1n) is 8.85. The lowest BCUT2D eigenvalue weighted by atomic mass is 10.0. The summed E-state index contributed by atoms with van der Waals surface area (Å²) in [5.41, 5.74) is 2.77. The van der Waals surface area contributed by atoms with Crippen LogP contribution in [0.1, 0.15) is 50.2 Å². The van der Waals surface area contributed by atoms with Crippen molar-refractivity contribution in [1.82, 2.24) is 10.6 Å². The van der Waals surface area contributed by atoms with Crippen LogP contribution < -0.4 is 10.6 Å². The van der Waals surface area contributed by atoms with Gasteiger partial charge in [-0.25, -0.2) is 0 Å². The summed E-state index contributed by atoms with van der Waals surface area (Å²) in [6, 6.07) is 9.18. The number of aliphatic imine (C=N–C) groups is 1. The van der Waals surface area contributed by atoms with Crippen LogP contribution in [0.4, 0.5) is 0 Å². The fourth-order valence-electron chi connectivity index (χ4n) is 3.40. The van der Waals surface area contributed by atoms with Gasteiger partial charge in [-0.05, 0) is 51.2 Å². The van der Waals surface area contributed by atoms with Crippen LogP contribution >= 0.6 is 24.0 Å². The molecule has 0 radical (unpaired) electrons. The molecule has 1 heterocycles. The maximum Gasteiger partial charge on any atom is 0.191 e. The molecule has 3 unspecified atom stereocenters. The number of rotatable bonds is 5. The van der Waals surface area contributed by atoms with Gasteiger partial charge in [-0.2, -0.15) is 0 Å². The van der Waals surface area contributed by atoms with Gasteiger partial charge in [0.25, 0.3) is 0 Å². The van der Waals surface area contributed by atoms with Crippen molar-refractivity contribution < 1.29 is 4.74 Å². The number of nitrogens with zero attached hydrogens (tertiary/aromatic N) is 1. The number of nitrogens with one attached hydrogen (secondary N) is 2. The molecule has 134 valence electrons. The first-order chi connectivity index (χ1) is 11.1. The molecule has 3 rings (SSSR count). The summed E-state index contributed by atoms with van der Waals surface area (Å²) in [6.45, 7) is 8.95. The third-order valence-corrected chi connectivity index (χ3v) is 4.92. The Balaban J connectivity index is 0.00000208. The number of halogens is 1. The second kappa shape index (κ2) is 8.52. The maximum atomic E-state index is 5.83. The second-order valence-electron chi connectivity index (χ2n) is 7.05. The zero-order valence-electron chi connectivity index (χ0n) is 15.0. The van der Waals surface area contributed by atoms with Gasteiger partial charge < -0.3 is 15.4 Å². The maximum absolute atomic E-state index is 5.83. The molecule has 1 aromatic rings. The highest BCUT2D eigenvalue weighted by atomic mass is 127. The molecule has 0 spiro atoms. The minimum atomic E-state index is -0.0820. The van der Waals surface area contributed by atoms with Gasteiger partial charge in [0.15, 0.2) is 5.96 Å². The smallest absolute Gasteiger partial charge is 0.191 e.